The van der Waals surface area contributed by atoms with Crippen molar-refractivity contribution in [2.75, 3.05) is 24.9 Å². The number of hydrogen-bond donors (Lipinski definition) is 4. The number of benzene rings is 1. The van der Waals surface area contributed by atoms with Gasteiger partial charge < -0.3 is 20.1 Å². The van der Waals surface area contributed by atoms with Gasteiger partial charge in [-0.25, -0.2) is 9.48 Å². The van der Waals surface area contributed by atoms with Crippen molar-refractivity contribution in [2.45, 2.75) is 58.8 Å². The number of ether oxygens (including phenoxy) is 2. The summed E-state index contributed by atoms with van der Waals surface area (Å²) in [5, 5.41) is 16.7. The molecule has 1 aliphatic heterocycles. The number of rotatable bonds is 6. The molecule has 0 saturated carbocycles. The van der Waals surface area contributed by atoms with Gasteiger partial charge in [0.2, 0.25) is 5.91 Å². The lowest BCUT2D eigenvalue weighted by atomic mass is 9.92. The fraction of sp³-hybridized carbons (Fsp3) is 0.522. The first kappa shape index (κ1) is 24.4. The molecule has 1 saturated heterocycles. The van der Waals surface area contributed by atoms with Gasteiger partial charge in [-0.05, 0) is 25.5 Å². The SMILES string of the molecule is CCC1C(=O)NC(n2nc(C(C)(C)C)cc2NC(=O)Nc2ccc(OC)c(OC)c2)NC1C. The molecule has 1 aliphatic rings. The monoisotopic (exact) mass is 458 g/mol. The van der Waals surface area contributed by atoms with Gasteiger partial charge in [0, 0.05) is 29.3 Å². The average Bonchev–Trinajstić information content (AvgIpc) is 3.17. The molecule has 2 heterocycles. The molecule has 10 nitrogen and oxygen atoms in total. The first-order valence-corrected chi connectivity index (χ1v) is 11.0. The molecule has 3 rings (SSSR count). The van der Waals surface area contributed by atoms with Gasteiger partial charge in [-0.2, -0.15) is 5.10 Å². The number of urea groups is 1. The van der Waals surface area contributed by atoms with Crippen LogP contribution in [0.4, 0.5) is 16.3 Å². The largest absolute Gasteiger partial charge is 0.493 e. The Hall–Kier alpha value is -3.27. The second kappa shape index (κ2) is 9.70. The Morgan fingerprint density at radius 3 is 2.42 bits per heavy atom. The van der Waals surface area contributed by atoms with E-state index in [-0.39, 0.29) is 23.3 Å². The number of anilines is 2. The lowest BCUT2D eigenvalue weighted by molar-refractivity contribution is -0.130. The summed E-state index contributed by atoms with van der Waals surface area (Å²) in [6.07, 6.45) is 0.153. The van der Waals surface area contributed by atoms with Crippen LogP contribution >= 0.6 is 0 Å². The van der Waals surface area contributed by atoms with E-state index in [1.54, 1.807) is 30.0 Å². The maximum absolute atomic E-state index is 12.8. The van der Waals surface area contributed by atoms with Gasteiger partial charge in [-0.15, -0.1) is 0 Å². The number of nitrogens with one attached hydrogen (secondary N) is 4. The number of carbonyl (C=O) groups excluding carboxylic acids is 2. The first-order chi connectivity index (χ1) is 15.6. The predicted octanol–water partition coefficient (Wildman–Crippen LogP) is 3.43. The molecular formula is C23H34N6O4. The van der Waals surface area contributed by atoms with Crippen molar-refractivity contribution >= 4 is 23.4 Å². The van der Waals surface area contributed by atoms with E-state index < -0.39 is 12.3 Å². The second-order valence-corrected chi connectivity index (χ2v) is 9.14. The lowest BCUT2D eigenvalue weighted by Crippen LogP contribution is -2.57. The van der Waals surface area contributed by atoms with E-state index in [1.165, 1.54) is 7.11 Å². The van der Waals surface area contributed by atoms with Gasteiger partial charge in [0.25, 0.3) is 0 Å². The number of hydrogen-bond acceptors (Lipinski definition) is 6. The van der Waals surface area contributed by atoms with E-state index in [4.69, 9.17) is 14.6 Å². The van der Waals surface area contributed by atoms with Crippen molar-refractivity contribution in [3.05, 3.63) is 30.0 Å². The van der Waals surface area contributed by atoms with Gasteiger partial charge in [-0.3, -0.25) is 15.4 Å². The zero-order valence-electron chi connectivity index (χ0n) is 20.3. The molecule has 1 aromatic heterocycles. The van der Waals surface area contributed by atoms with E-state index >= 15 is 0 Å². The molecule has 1 aromatic carbocycles. The van der Waals surface area contributed by atoms with E-state index in [1.807, 2.05) is 40.7 Å². The van der Waals surface area contributed by atoms with Crippen molar-refractivity contribution in [2.24, 2.45) is 5.92 Å². The molecule has 3 amide bonds. The van der Waals surface area contributed by atoms with Crippen molar-refractivity contribution in [1.29, 1.82) is 0 Å². The third-order valence-electron chi connectivity index (χ3n) is 5.71. The summed E-state index contributed by atoms with van der Waals surface area (Å²) in [7, 11) is 3.08. The fourth-order valence-corrected chi connectivity index (χ4v) is 3.79. The van der Waals surface area contributed by atoms with Gasteiger partial charge in [0.05, 0.1) is 25.8 Å². The van der Waals surface area contributed by atoms with Crippen LogP contribution in [0.15, 0.2) is 24.3 Å². The van der Waals surface area contributed by atoms with Gasteiger partial charge >= 0.3 is 6.03 Å². The minimum absolute atomic E-state index is 0.0375. The molecular weight excluding hydrogens is 424 g/mol. The van der Waals surface area contributed by atoms with Crippen LogP contribution < -0.4 is 30.7 Å². The third kappa shape index (κ3) is 5.39. The van der Waals surface area contributed by atoms with Crippen LogP contribution in [0.2, 0.25) is 0 Å². The van der Waals surface area contributed by atoms with Crippen LogP contribution in [0.5, 0.6) is 11.5 Å². The van der Waals surface area contributed by atoms with Crippen molar-refractivity contribution < 1.29 is 19.1 Å². The minimum Gasteiger partial charge on any atom is -0.493 e. The maximum atomic E-state index is 12.8. The molecule has 4 N–H and O–H groups in total. The second-order valence-electron chi connectivity index (χ2n) is 9.14. The predicted molar refractivity (Wildman–Crippen MR) is 127 cm³/mol. The highest BCUT2D eigenvalue weighted by atomic mass is 16.5. The van der Waals surface area contributed by atoms with Crippen LogP contribution in [0.1, 0.15) is 53.0 Å². The van der Waals surface area contributed by atoms with E-state index in [9.17, 15) is 9.59 Å². The van der Waals surface area contributed by atoms with Crippen LogP contribution in [-0.4, -0.2) is 42.0 Å². The van der Waals surface area contributed by atoms with Crippen LogP contribution in [0, 0.1) is 5.92 Å². The fourth-order valence-electron chi connectivity index (χ4n) is 3.79. The zero-order valence-corrected chi connectivity index (χ0v) is 20.3. The Kier molecular flexibility index (Phi) is 7.16. The van der Waals surface area contributed by atoms with Gasteiger partial charge in [-0.1, -0.05) is 27.7 Å². The highest BCUT2D eigenvalue weighted by molar-refractivity contribution is 5.99. The normalized spacial score (nSPS) is 20.7. The molecule has 3 unspecified atom stereocenters. The van der Waals surface area contributed by atoms with Crippen molar-refractivity contribution in [3.63, 3.8) is 0 Å². The third-order valence-corrected chi connectivity index (χ3v) is 5.71. The number of carbonyl (C=O) groups is 2. The summed E-state index contributed by atoms with van der Waals surface area (Å²) in [5.41, 5.74) is 1.07. The summed E-state index contributed by atoms with van der Waals surface area (Å²) in [4.78, 5) is 25.4. The Bertz CT molecular complexity index is 1010. The molecule has 1 fully saturated rings. The standard InChI is InChI=1S/C23H34N6O4/c1-8-15-13(2)24-21(27-20(15)30)29-19(12-18(28-29)23(3,4)5)26-22(31)25-14-9-10-16(32-6)17(11-14)33-7/h9-13,15,21,24H,8H2,1-7H3,(H,27,30)(H2,25,26,31). The molecule has 0 radical (unpaired) electrons. The Balaban J connectivity index is 1.84. The molecule has 0 spiro atoms. The van der Waals surface area contributed by atoms with Gasteiger partial charge in [0.1, 0.15) is 5.82 Å². The molecule has 0 aliphatic carbocycles. The minimum atomic E-state index is -0.581. The van der Waals surface area contributed by atoms with E-state index in [2.05, 4.69) is 21.3 Å². The first-order valence-electron chi connectivity index (χ1n) is 11.0. The topological polar surface area (TPSA) is 119 Å². The van der Waals surface area contributed by atoms with Crippen molar-refractivity contribution in [1.82, 2.24) is 20.4 Å². The number of aromatic nitrogens is 2. The zero-order chi connectivity index (χ0) is 24.3. The summed E-state index contributed by atoms with van der Waals surface area (Å²) < 4.78 is 12.1. The molecule has 3 atom stereocenters. The quantitative estimate of drug-likeness (QED) is 0.527. The highest BCUT2D eigenvalue weighted by Gasteiger charge is 2.35. The summed E-state index contributed by atoms with van der Waals surface area (Å²) in [6, 6.07) is 6.43. The molecule has 33 heavy (non-hydrogen) atoms. The molecule has 180 valence electrons. The highest BCUT2D eigenvalue weighted by Crippen LogP contribution is 2.30. The summed E-state index contributed by atoms with van der Waals surface area (Å²) >= 11 is 0. The maximum Gasteiger partial charge on any atom is 0.324 e. The number of nitrogens with zero attached hydrogens (tertiary/aromatic N) is 2. The molecule has 10 heteroatoms. The van der Waals surface area contributed by atoms with E-state index in [0.717, 1.165) is 12.1 Å². The molecule has 2 aromatic rings. The van der Waals surface area contributed by atoms with Crippen molar-refractivity contribution in [3.8, 4) is 11.5 Å². The van der Waals surface area contributed by atoms with E-state index in [0.29, 0.717) is 23.0 Å². The van der Waals surface area contributed by atoms with Gasteiger partial charge in [0.15, 0.2) is 17.8 Å². The summed E-state index contributed by atoms with van der Waals surface area (Å²) in [6.45, 7) is 10.1. The van der Waals surface area contributed by atoms with Crippen LogP contribution in [0.3, 0.4) is 0 Å². The summed E-state index contributed by atoms with van der Waals surface area (Å²) in [5.74, 6) is 1.36. The Labute approximate surface area is 194 Å². The van der Waals surface area contributed by atoms with Crippen LogP contribution in [-0.2, 0) is 10.2 Å². The Morgan fingerprint density at radius 2 is 1.85 bits per heavy atom. The number of methoxy groups -OCH3 is 2. The number of amides is 3. The van der Waals surface area contributed by atoms with Crippen LogP contribution in [0.25, 0.3) is 0 Å². The smallest absolute Gasteiger partial charge is 0.324 e. The Morgan fingerprint density at radius 1 is 1.15 bits per heavy atom. The molecule has 0 bridgehead atoms. The lowest BCUT2D eigenvalue weighted by Gasteiger charge is -2.35. The average molecular weight is 459 g/mol.